The van der Waals surface area contributed by atoms with Gasteiger partial charge in [-0.05, 0) is 56.2 Å². The lowest BCUT2D eigenvalue weighted by molar-refractivity contribution is -0.110. The molecule has 27 heavy (non-hydrogen) atoms. The first-order valence-electron chi connectivity index (χ1n) is 9.40. The minimum absolute atomic E-state index is 0.0440. The van der Waals surface area contributed by atoms with Crippen LogP contribution >= 0.6 is 0 Å². The summed E-state index contributed by atoms with van der Waals surface area (Å²) in [5.74, 6) is 1.00. The lowest BCUT2D eigenvalue weighted by atomic mass is 9.90. The summed E-state index contributed by atoms with van der Waals surface area (Å²) in [5, 5.41) is 9.08. The summed E-state index contributed by atoms with van der Waals surface area (Å²) in [6.45, 7) is 7.16. The fourth-order valence-corrected chi connectivity index (χ4v) is 4.31. The first kappa shape index (κ1) is 19.2. The number of carbonyl (C=O) groups is 2. The summed E-state index contributed by atoms with van der Waals surface area (Å²) in [5.41, 5.74) is 5.78. The molecule has 0 saturated carbocycles. The van der Waals surface area contributed by atoms with Crippen molar-refractivity contribution in [2.75, 3.05) is 20.2 Å². The molecular weight excluding hydrogens is 342 g/mol. The maximum Gasteiger partial charge on any atom is 0.407 e. The van der Waals surface area contributed by atoms with E-state index < -0.39 is 6.09 Å². The zero-order valence-electron chi connectivity index (χ0n) is 16.5. The fraction of sp³-hybridized carbons (Fsp3) is 0.455. The summed E-state index contributed by atoms with van der Waals surface area (Å²) in [4.78, 5) is 25.7. The van der Waals surface area contributed by atoms with E-state index >= 15 is 0 Å². The molecule has 1 aromatic rings. The predicted molar refractivity (Wildman–Crippen MR) is 105 cm³/mol. The number of nitrogens with zero attached hydrogens (tertiary/aromatic N) is 1. The maximum atomic E-state index is 13.2. The van der Waals surface area contributed by atoms with E-state index in [1.165, 1.54) is 10.5 Å². The molecule has 1 saturated heterocycles. The molecule has 5 nitrogen and oxygen atoms in total. The molecule has 0 atom stereocenters. The Labute approximate surface area is 160 Å². The molecule has 0 bridgehead atoms. The van der Waals surface area contributed by atoms with Gasteiger partial charge in [-0.3, -0.25) is 4.79 Å². The third kappa shape index (κ3) is 3.77. The van der Waals surface area contributed by atoms with Crippen LogP contribution in [-0.2, 0) is 9.53 Å². The topological polar surface area (TPSA) is 66.8 Å². The van der Waals surface area contributed by atoms with Gasteiger partial charge in [-0.1, -0.05) is 23.8 Å². The van der Waals surface area contributed by atoms with Crippen molar-refractivity contribution in [1.82, 2.24) is 4.90 Å². The van der Waals surface area contributed by atoms with E-state index in [4.69, 9.17) is 9.84 Å². The van der Waals surface area contributed by atoms with Gasteiger partial charge in [0.15, 0.2) is 5.78 Å². The number of hydrogen-bond acceptors (Lipinski definition) is 3. The summed E-state index contributed by atoms with van der Waals surface area (Å²) >= 11 is 0. The first-order chi connectivity index (χ1) is 12.8. The molecule has 0 spiro atoms. The van der Waals surface area contributed by atoms with E-state index in [0.717, 1.165) is 40.9 Å². The molecule has 1 aromatic carbocycles. The van der Waals surface area contributed by atoms with Gasteiger partial charge in [0.25, 0.3) is 0 Å². The summed E-state index contributed by atoms with van der Waals surface area (Å²) in [6, 6.07) is 4.19. The lowest BCUT2D eigenvalue weighted by Crippen LogP contribution is -2.37. The van der Waals surface area contributed by atoms with E-state index in [2.05, 4.69) is 19.1 Å². The van der Waals surface area contributed by atoms with Gasteiger partial charge >= 0.3 is 6.09 Å². The van der Waals surface area contributed by atoms with Gasteiger partial charge in [-0.15, -0.1) is 0 Å². The molecule has 0 unspecified atom stereocenters. The van der Waals surface area contributed by atoms with E-state index in [-0.39, 0.29) is 11.7 Å². The van der Waals surface area contributed by atoms with E-state index in [0.29, 0.717) is 25.1 Å². The van der Waals surface area contributed by atoms with Crippen LogP contribution in [0.4, 0.5) is 4.79 Å². The van der Waals surface area contributed by atoms with E-state index in [1.54, 1.807) is 7.11 Å². The quantitative estimate of drug-likeness (QED) is 0.809. The van der Waals surface area contributed by atoms with Crippen molar-refractivity contribution in [2.24, 2.45) is 5.92 Å². The Morgan fingerprint density at radius 2 is 1.78 bits per heavy atom. The van der Waals surface area contributed by atoms with Crippen LogP contribution in [0.25, 0.3) is 5.57 Å². The first-order valence-corrected chi connectivity index (χ1v) is 9.40. The number of benzene rings is 1. The molecule has 1 aliphatic carbocycles. The number of ketones is 1. The molecule has 1 fully saturated rings. The number of ether oxygens (including phenoxy) is 1. The Balaban J connectivity index is 1.86. The largest absolute Gasteiger partial charge is 0.500 e. The number of aryl methyl sites for hydroxylation is 3. The van der Waals surface area contributed by atoms with Gasteiger partial charge in [-0.25, -0.2) is 4.79 Å². The van der Waals surface area contributed by atoms with Gasteiger partial charge < -0.3 is 14.7 Å². The minimum atomic E-state index is -0.867. The summed E-state index contributed by atoms with van der Waals surface area (Å²) in [6.07, 6.45) is 3.20. The molecule has 1 heterocycles. The number of Topliss-reactive ketones (excluding diaryl/α,β-unsaturated/α-hetero) is 1. The molecule has 1 aliphatic heterocycles. The highest BCUT2D eigenvalue weighted by molar-refractivity contribution is 6.32. The van der Waals surface area contributed by atoms with Crippen LogP contribution in [0.2, 0.25) is 0 Å². The number of methoxy groups -OCH3 is 1. The standard InChI is InChI=1S/C22H27NO4/c1-13-9-14(2)19(15(3)10-13)20-18(27-4)12-17(21(20)24)11-16-5-7-23(8-6-16)22(25)26/h9-11,16H,5-8,12H2,1-4H3,(H,25,26)/b17-11+. The zero-order valence-corrected chi connectivity index (χ0v) is 16.5. The van der Waals surface area contributed by atoms with Crippen LogP contribution in [-0.4, -0.2) is 42.1 Å². The summed E-state index contributed by atoms with van der Waals surface area (Å²) in [7, 11) is 1.62. The van der Waals surface area contributed by atoms with Crippen LogP contribution in [0, 0.1) is 26.7 Å². The van der Waals surface area contributed by atoms with Gasteiger partial charge in [0.1, 0.15) is 5.76 Å². The van der Waals surface area contributed by atoms with Crippen molar-refractivity contribution in [3.05, 3.63) is 51.8 Å². The van der Waals surface area contributed by atoms with Crippen molar-refractivity contribution >= 4 is 17.4 Å². The predicted octanol–water partition coefficient (Wildman–Crippen LogP) is 4.26. The van der Waals surface area contributed by atoms with Gasteiger partial charge in [0.05, 0.1) is 12.7 Å². The number of carboxylic acid groups (broad SMARTS) is 1. The van der Waals surface area contributed by atoms with Crippen molar-refractivity contribution in [2.45, 2.75) is 40.0 Å². The number of amides is 1. The Hall–Kier alpha value is -2.56. The van der Waals surface area contributed by atoms with E-state index in [9.17, 15) is 9.59 Å². The average Bonchev–Trinajstić information content (AvgIpc) is 2.91. The molecule has 3 rings (SSSR count). The third-order valence-corrected chi connectivity index (χ3v) is 5.57. The second-order valence-corrected chi connectivity index (χ2v) is 7.58. The Morgan fingerprint density at radius 3 is 2.30 bits per heavy atom. The van der Waals surface area contributed by atoms with E-state index in [1.807, 2.05) is 19.9 Å². The van der Waals surface area contributed by atoms with Crippen molar-refractivity contribution in [3.63, 3.8) is 0 Å². The van der Waals surface area contributed by atoms with Crippen molar-refractivity contribution in [1.29, 1.82) is 0 Å². The normalized spacial score (nSPS) is 19.9. The van der Waals surface area contributed by atoms with Gasteiger partial charge in [0.2, 0.25) is 0 Å². The molecule has 0 aromatic heterocycles. The molecule has 1 amide bonds. The molecule has 5 heteroatoms. The molecule has 1 N–H and O–H groups in total. The average molecular weight is 369 g/mol. The highest BCUT2D eigenvalue weighted by Gasteiger charge is 2.33. The lowest BCUT2D eigenvalue weighted by Gasteiger charge is -2.28. The van der Waals surface area contributed by atoms with Crippen LogP contribution in [0.5, 0.6) is 0 Å². The van der Waals surface area contributed by atoms with Crippen LogP contribution in [0.3, 0.4) is 0 Å². The minimum Gasteiger partial charge on any atom is -0.500 e. The Morgan fingerprint density at radius 1 is 1.19 bits per heavy atom. The highest BCUT2D eigenvalue weighted by Crippen LogP contribution is 2.39. The second kappa shape index (κ2) is 7.59. The highest BCUT2D eigenvalue weighted by atomic mass is 16.5. The second-order valence-electron chi connectivity index (χ2n) is 7.58. The fourth-order valence-electron chi connectivity index (χ4n) is 4.31. The Bertz CT molecular complexity index is 819. The molecule has 2 aliphatic rings. The maximum absolute atomic E-state index is 13.2. The Kier molecular flexibility index (Phi) is 5.40. The summed E-state index contributed by atoms with van der Waals surface area (Å²) < 4.78 is 5.59. The number of carbonyl (C=O) groups excluding carboxylic acids is 1. The SMILES string of the molecule is COC1=C(c2c(C)cc(C)cc2C)C(=O)/C(=C/C2CCN(C(=O)O)CC2)C1. The van der Waals surface area contributed by atoms with Crippen LogP contribution < -0.4 is 0 Å². The molecular formula is C22H27NO4. The number of rotatable bonds is 3. The number of hydrogen-bond donors (Lipinski definition) is 1. The number of piperidine rings is 1. The number of allylic oxidation sites excluding steroid dienone is 3. The number of likely N-dealkylation sites (tertiary alicyclic amines) is 1. The molecule has 144 valence electrons. The van der Waals surface area contributed by atoms with Crippen molar-refractivity contribution in [3.8, 4) is 0 Å². The van der Waals surface area contributed by atoms with Crippen LogP contribution in [0.1, 0.15) is 41.5 Å². The van der Waals surface area contributed by atoms with Gasteiger partial charge in [0, 0.05) is 25.1 Å². The monoisotopic (exact) mass is 369 g/mol. The third-order valence-electron chi connectivity index (χ3n) is 5.57. The van der Waals surface area contributed by atoms with Crippen molar-refractivity contribution < 1.29 is 19.4 Å². The smallest absolute Gasteiger partial charge is 0.407 e. The zero-order chi connectivity index (χ0) is 19.7. The molecule has 0 radical (unpaired) electrons. The van der Waals surface area contributed by atoms with Gasteiger partial charge in [-0.2, -0.15) is 0 Å². The van der Waals surface area contributed by atoms with Crippen LogP contribution in [0.15, 0.2) is 29.5 Å².